The normalized spacial score (nSPS) is 17.4. The molecule has 134 valence electrons. The lowest BCUT2D eigenvalue weighted by Gasteiger charge is -2.31. The Morgan fingerprint density at radius 2 is 2.12 bits per heavy atom. The van der Waals surface area contributed by atoms with E-state index in [9.17, 15) is 4.79 Å². The molecular formula is C20H21N3O3. The fraction of sp³-hybridized carbons (Fsp3) is 0.300. The van der Waals surface area contributed by atoms with Crippen LogP contribution in [0.2, 0.25) is 0 Å². The molecule has 1 aliphatic rings. The molecular weight excluding hydrogens is 330 g/mol. The molecule has 1 fully saturated rings. The van der Waals surface area contributed by atoms with Gasteiger partial charge in [-0.2, -0.15) is 0 Å². The molecule has 0 saturated carbocycles. The third-order valence-electron chi connectivity index (χ3n) is 4.43. The maximum atomic E-state index is 12.6. The van der Waals surface area contributed by atoms with Gasteiger partial charge in [0.2, 0.25) is 0 Å². The molecule has 2 aromatic heterocycles. The number of nitrogens with zero attached hydrogens (tertiary/aromatic N) is 3. The van der Waals surface area contributed by atoms with Gasteiger partial charge in [0.05, 0.1) is 18.4 Å². The van der Waals surface area contributed by atoms with Gasteiger partial charge in [0.25, 0.3) is 5.91 Å². The number of carbonyl (C=O) groups excluding carboxylic acids is 1. The first-order chi connectivity index (χ1) is 12.7. The van der Waals surface area contributed by atoms with Gasteiger partial charge in [-0.15, -0.1) is 0 Å². The number of imidazole rings is 1. The largest absolute Gasteiger partial charge is 0.487 e. The van der Waals surface area contributed by atoms with Crippen molar-refractivity contribution < 1.29 is 14.3 Å². The first-order valence-electron chi connectivity index (χ1n) is 8.75. The second kappa shape index (κ2) is 7.17. The number of pyridine rings is 1. The minimum Gasteiger partial charge on any atom is -0.487 e. The van der Waals surface area contributed by atoms with E-state index < -0.39 is 0 Å². The molecule has 1 aliphatic heterocycles. The number of amides is 1. The van der Waals surface area contributed by atoms with Crippen molar-refractivity contribution in [3.05, 3.63) is 66.1 Å². The monoisotopic (exact) mass is 351 g/mol. The molecule has 1 amide bonds. The number of carbonyl (C=O) groups is 1. The minimum absolute atomic E-state index is 0.0343. The predicted octanol–water partition coefficient (Wildman–Crippen LogP) is 2.77. The van der Waals surface area contributed by atoms with Crippen LogP contribution in [-0.4, -0.2) is 46.0 Å². The molecule has 6 heteroatoms. The van der Waals surface area contributed by atoms with Crippen molar-refractivity contribution >= 4 is 11.6 Å². The number of aromatic nitrogens is 2. The van der Waals surface area contributed by atoms with Gasteiger partial charge in [0, 0.05) is 31.0 Å². The summed E-state index contributed by atoms with van der Waals surface area (Å²) >= 11 is 0. The Bertz CT molecular complexity index is 871. The number of benzene rings is 1. The number of hydrogen-bond donors (Lipinski definition) is 0. The summed E-state index contributed by atoms with van der Waals surface area (Å²) in [6.45, 7) is 4.22. The van der Waals surface area contributed by atoms with Gasteiger partial charge < -0.3 is 18.8 Å². The summed E-state index contributed by atoms with van der Waals surface area (Å²) < 4.78 is 13.2. The Kier molecular flexibility index (Phi) is 4.58. The van der Waals surface area contributed by atoms with Crippen molar-refractivity contribution in [3.63, 3.8) is 0 Å². The Morgan fingerprint density at radius 1 is 1.27 bits per heavy atom. The Balaban J connectivity index is 1.38. The second-order valence-electron chi connectivity index (χ2n) is 6.44. The van der Waals surface area contributed by atoms with Crippen LogP contribution in [0.15, 0.2) is 54.9 Å². The van der Waals surface area contributed by atoms with Crippen LogP contribution in [0.5, 0.6) is 5.75 Å². The third-order valence-corrected chi connectivity index (χ3v) is 4.43. The van der Waals surface area contributed by atoms with E-state index in [1.165, 1.54) is 0 Å². The van der Waals surface area contributed by atoms with E-state index in [4.69, 9.17) is 9.47 Å². The number of fused-ring (bicyclic) bond motifs is 1. The fourth-order valence-corrected chi connectivity index (χ4v) is 3.09. The second-order valence-corrected chi connectivity index (χ2v) is 6.44. The summed E-state index contributed by atoms with van der Waals surface area (Å²) in [6, 6.07) is 13.1. The molecule has 3 heterocycles. The zero-order valence-corrected chi connectivity index (χ0v) is 14.7. The van der Waals surface area contributed by atoms with Gasteiger partial charge in [-0.3, -0.25) is 4.79 Å². The molecule has 0 N–H and O–H groups in total. The molecule has 0 bridgehead atoms. The summed E-state index contributed by atoms with van der Waals surface area (Å²) in [5, 5.41) is 0. The third kappa shape index (κ3) is 3.55. The summed E-state index contributed by atoms with van der Waals surface area (Å²) in [5.41, 5.74) is 2.42. The van der Waals surface area contributed by atoms with Gasteiger partial charge in [0.1, 0.15) is 18.0 Å². The summed E-state index contributed by atoms with van der Waals surface area (Å²) in [7, 11) is 0. The van der Waals surface area contributed by atoms with Crippen LogP contribution in [0, 0.1) is 0 Å². The first-order valence-corrected chi connectivity index (χ1v) is 8.75. The summed E-state index contributed by atoms with van der Waals surface area (Å²) in [5.74, 6) is 0.751. The number of ether oxygens (including phenoxy) is 2. The number of hydrogen-bond acceptors (Lipinski definition) is 4. The molecule has 0 unspecified atom stereocenters. The highest BCUT2D eigenvalue weighted by molar-refractivity contribution is 5.94. The number of rotatable bonds is 4. The van der Waals surface area contributed by atoms with Crippen molar-refractivity contribution in [1.29, 1.82) is 0 Å². The van der Waals surface area contributed by atoms with Crippen LogP contribution in [-0.2, 0) is 11.3 Å². The van der Waals surface area contributed by atoms with E-state index in [0.717, 1.165) is 11.3 Å². The highest BCUT2D eigenvalue weighted by Gasteiger charge is 2.22. The maximum Gasteiger partial charge on any atom is 0.254 e. The Morgan fingerprint density at radius 3 is 2.88 bits per heavy atom. The van der Waals surface area contributed by atoms with Crippen LogP contribution in [0.25, 0.3) is 5.65 Å². The molecule has 0 radical (unpaired) electrons. The van der Waals surface area contributed by atoms with E-state index in [1.807, 2.05) is 71.1 Å². The van der Waals surface area contributed by atoms with Crippen molar-refractivity contribution in [2.75, 3.05) is 19.7 Å². The summed E-state index contributed by atoms with van der Waals surface area (Å²) in [4.78, 5) is 18.9. The zero-order chi connectivity index (χ0) is 17.9. The lowest BCUT2D eigenvalue weighted by Crippen LogP contribution is -2.44. The van der Waals surface area contributed by atoms with Gasteiger partial charge in [-0.1, -0.05) is 6.07 Å². The SMILES string of the molecule is C[C@H]1CN(C(=O)c2ccc(OCc3cn4ccccc4n3)cc2)CCO1. The molecule has 0 spiro atoms. The van der Waals surface area contributed by atoms with E-state index in [1.54, 1.807) is 0 Å². The van der Waals surface area contributed by atoms with Crippen molar-refractivity contribution in [3.8, 4) is 5.75 Å². The maximum absolute atomic E-state index is 12.6. The van der Waals surface area contributed by atoms with Gasteiger partial charge in [-0.25, -0.2) is 4.98 Å². The smallest absolute Gasteiger partial charge is 0.254 e. The molecule has 26 heavy (non-hydrogen) atoms. The van der Waals surface area contributed by atoms with Crippen LogP contribution in [0.1, 0.15) is 23.0 Å². The molecule has 4 rings (SSSR count). The van der Waals surface area contributed by atoms with E-state index >= 15 is 0 Å². The standard InChI is InChI=1S/C20H21N3O3/c1-15-12-23(10-11-25-15)20(24)16-5-7-18(8-6-16)26-14-17-13-22-9-3-2-4-19(22)21-17/h2-9,13,15H,10-12,14H2,1H3/t15-/m0/s1. The molecule has 6 nitrogen and oxygen atoms in total. The van der Waals surface area contributed by atoms with Crippen molar-refractivity contribution in [1.82, 2.24) is 14.3 Å². The van der Waals surface area contributed by atoms with Crippen LogP contribution in [0.3, 0.4) is 0 Å². The van der Waals surface area contributed by atoms with Crippen molar-refractivity contribution in [2.45, 2.75) is 19.6 Å². The van der Waals surface area contributed by atoms with Crippen LogP contribution in [0.4, 0.5) is 0 Å². The minimum atomic E-state index is 0.0343. The van der Waals surface area contributed by atoms with Gasteiger partial charge in [-0.05, 0) is 43.3 Å². The average molecular weight is 351 g/mol. The lowest BCUT2D eigenvalue weighted by molar-refractivity contribution is -0.0124. The molecule has 1 atom stereocenters. The Hall–Kier alpha value is -2.86. The lowest BCUT2D eigenvalue weighted by atomic mass is 10.1. The first kappa shape index (κ1) is 16.6. The predicted molar refractivity (Wildman–Crippen MR) is 97.3 cm³/mol. The number of morpholine rings is 1. The van der Waals surface area contributed by atoms with E-state index in [-0.39, 0.29) is 12.0 Å². The zero-order valence-electron chi connectivity index (χ0n) is 14.7. The van der Waals surface area contributed by atoms with Crippen molar-refractivity contribution in [2.24, 2.45) is 0 Å². The fourth-order valence-electron chi connectivity index (χ4n) is 3.09. The molecule has 1 aromatic carbocycles. The molecule has 0 aliphatic carbocycles. The van der Waals surface area contributed by atoms with Gasteiger partial charge in [0.15, 0.2) is 0 Å². The topological polar surface area (TPSA) is 56.1 Å². The Labute approximate surface area is 152 Å². The van der Waals surface area contributed by atoms with Crippen LogP contribution < -0.4 is 4.74 Å². The van der Waals surface area contributed by atoms with E-state index in [2.05, 4.69) is 4.98 Å². The molecule has 1 saturated heterocycles. The van der Waals surface area contributed by atoms with E-state index in [0.29, 0.717) is 37.6 Å². The molecule has 3 aromatic rings. The highest BCUT2D eigenvalue weighted by atomic mass is 16.5. The quantitative estimate of drug-likeness (QED) is 0.725. The summed E-state index contributed by atoms with van der Waals surface area (Å²) in [6.07, 6.45) is 3.99. The average Bonchev–Trinajstić information content (AvgIpc) is 3.09. The highest BCUT2D eigenvalue weighted by Crippen LogP contribution is 2.17. The van der Waals surface area contributed by atoms with Gasteiger partial charge >= 0.3 is 0 Å². The van der Waals surface area contributed by atoms with Crippen LogP contribution >= 0.6 is 0 Å².